The smallest absolute Gasteiger partial charge is 0.258 e. The standard InChI is InChI=1S/C17H12N4OS2/c1-10-6-7-15(24-10)14-8-12(11-4-2-3-5-13(11)19-14)16(22)20-17-21-18-9-23-17/h2-9H,1H3,(H,20,21,22). The van der Waals surface area contributed by atoms with E-state index in [0.29, 0.717) is 10.7 Å². The van der Waals surface area contributed by atoms with Gasteiger partial charge in [0.15, 0.2) is 0 Å². The average Bonchev–Trinajstić information content (AvgIpc) is 3.25. The maximum atomic E-state index is 12.7. The molecular formula is C17H12N4OS2. The highest BCUT2D eigenvalue weighted by molar-refractivity contribution is 7.15. The van der Waals surface area contributed by atoms with Gasteiger partial charge in [0.2, 0.25) is 5.13 Å². The Labute approximate surface area is 146 Å². The molecule has 24 heavy (non-hydrogen) atoms. The molecule has 4 rings (SSSR count). The van der Waals surface area contributed by atoms with Gasteiger partial charge in [-0.05, 0) is 31.2 Å². The summed E-state index contributed by atoms with van der Waals surface area (Å²) in [6, 6.07) is 13.6. The fourth-order valence-electron chi connectivity index (χ4n) is 2.45. The number of carbonyl (C=O) groups excluding carboxylic acids is 1. The number of para-hydroxylation sites is 1. The van der Waals surface area contributed by atoms with E-state index in [9.17, 15) is 4.79 Å². The van der Waals surface area contributed by atoms with Gasteiger partial charge < -0.3 is 0 Å². The number of benzene rings is 1. The highest BCUT2D eigenvalue weighted by atomic mass is 32.1. The first-order chi connectivity index (χ1) is 11.7. The van der Waals surface area contributed by atoms with Crippen molar-refractivity contribution in [3.63, 3.8) is 0 Å². The minimum Gasteiger partial charge on any atom is -0.296 e. The lowest BCUT2D eigenvalue weighted by molar-refractivity contribution is 0.102. The van der Waals surface area contributed by atoms with Crippen LogP contribution in [0.4, 0.5) is 5.13 Å². The predicted molar refractivity (Wildman–Crippen MR) is 97.7 cm³/mol. The molecule has 0 saturated carbocycles. The van der Waals surface area contributed by atoms with Crippen molar-refractivity contribution in [2.24, 2.45) is 0 Å². The summed E-state index contributed by atoms with van der Waals surface area (Å²) in [5.41, 5.74) is 3.76. The molecular weight excluding hydrogens is 340 g/mol. The zero-order valence-electron chi connectivity index (χ0n) is 12.7. The summed E-state index contributed by atoms with van der Waals surface area (Å²) in [5, 5.41) is 11.7. The summed E-state index contributed by atoms with van der Waals surface area (Å²) in [4.78, 5) is 19.7. The van der Waals surface area contributed by atoms with Crippen LogP contribution in [0.2, 0.25) is 0 Å². The van der Waals surface area contributed by atoms with Crippen molar-refractivity contribution >= 4 is 44.6 Å². The minimum atomic E-state index is -0.208. The molecule has 1 amide bonds. The van der Waals surface area contributed by atoms with Crippen molar-refractivity contribution in [3.8, 4) is 10.6 Å². The summed E-state index contributed by atoms with van der Waals surface area (Å²) in [7, 11) is 0. The van der Waals surface area contributed by atoms with E-state index in [1.165, 1.54) is 16.2 Å². The largest absolute Gasteiger partial charge is 0.296 e. The summed E-state index contributed by atoms with van der Waals surface area (Å²) < 4.78 is 0. The summed E-state index contributed by atoms with van der Waals surface area (Å²) >= 11 is 2.95. The Morgan fingerprint density at radius 2 is 2.04 bits per heavy atom. The van der Waals surface area contributed by atoms with Crippen LogP contribution in [0, 0.1) is 6.92 Å². The number of anilines is 1. The van der Waals surface area contributed by atoms with Crippen LogP contribution in [-0.2, 0) is 0 Å². The lowest BCUT2D eigenvalue weighted by Crippen LogP contribution is -2.13. The van der Waals surface area contributed by atoms with Gasteiger partial charge in [0, 0.05) is 10.3 Å². The number of nitrogens with zero attached hydrogens (tertiary/aromatic N) is 3. The van der Waals surface area contributed by atoms with Crippen molar-refractivity contribution in [3.05, 3.63) is 58.4 Å². The number of nitrogens with one attached hydrogen (secondary N) is 1. The van der Waals surface area contributed by atoms with Crippen LogP contribution >= 0.6 is 22.7 Å². The van der Waals surface area contributed by atoms with Crippen LogP contribution in [0.3, 0.4) is 0 Å². The molecule has 0 saturated heterocycles. The molecule has 3 aromatic heterocycles. The number of hydrogen-bond donors (Lipinski definition) is 1. The number of aryl methyl sites for hydroxylation is 1. The van der Waals surface area contributed by atoms with E-state index in [2.05, 4.69) is 28.5 Å². The number of rotatable bonds is 3. The first kappa shape index (κ1) is 14.9. The van der Waals surface area contributed by atoms with E-state index in [0.717, 1.165) is 21.5 Å². The third kappa shape index (κ3) is 2.79. The highest BCUT2D eigenvalue weighted by Crippen LogP contribution is 2.30. The van der Waals surface area contributed by atoms with Crippen LogP contribution < -0.4 is 5.32 Å². The zero-order chi connectivity index (χ0) is 16.5. The number of fused-ring (bicyclic) bond motifs is 1. The molecule has 0 atom stereocenters. The third-order valence-corrected chi connectivity index (χ3v) is 5.16. The highest BCUT2D eigenvalue weighted by Gasteiger charge is 2.15. The quantitative estimate of drug-likeness (QED) is 0.594. The molecule has 0 fully saturated rings. The molecule has 0 bridgehead atoms. The predicted octanol–water partition coefficient (Wildman–Crippen LogP) is 4.38. The van der Waals surface area contributed by atoms with Gasteiger partial charge in [-0.3, -0.25) is 10.1 Å². The molecule has 1 N–H and O–H groups in total. The van der Waals surface area contributed by atoms with Gasteiger partial charge in [0.25, 0.3) is 5.91 Å². The number of hydrogen-bond acceptors (Lipinski definition) is 6. The Hall–Kier alpha value is -2.64. The van der Waals surface area contributed by atoms with E-state index >= 15 is 0 Å². The normalized spacial score (nSPS) is 10.9. The number of thiophene rings is 1. The lowest BCUT2D eigenvalue weighted by atomic mass is 10.1. The molecule has 3 heterocycles. The molecule has 5 nitrogen and oxygen atoms in total. The Bertz CT molecular complexity index is 1020. The van der Waals surface area contributed by atoms with Crippen LogP contribution in [0.15, 0.2) is 48.0 Å². The molecule has 4 aromatic rings. The second-order valence-corrected chi connectivity index (χ2v) is 7.30. The number of carbonyl (C=O) groups is 1. The second kappa shape index (κ2) is 6.10. The van der Waals surface area contributed by atoms with Crippen LogP contribution in [0.5, 0.6) is 0 Å². The molecule has 0 spiro atoms. The molecule has 7 heteroatoms. The second-order valence-electron chi connectivity index (χ2n) is 5.18. The van der Waals surface area contributed by atoms with Crippen LogP contribution in [0.1, 0.15) is 15.2 Å². The molecule has 1 aromatic carbocycles. The van der Waals surface area contributed by atoms with Crippen LogP contribution in [-0.4, -0.2) is 21.1 Å². The van der Waals surface area contributed by atoms with E-state index in [-0.39, 0.29) is 5.91 Å². The number of amides is 1. The SMILES string of the molecule is Cc1ccc(-c2cc(C(=O)Nc3nncs3)c3ccccc3n2)s1. The van der Waals surface area contributed by atoms with Crippen molar-refractivity contribution in [2.75, 3.05) is 5.32 Å². The molecule has 118 valence electrons. The van der Waals surface area contributed by atoms with Gasteiger partial charge in [-0.15, -0.1) is 21.5 Å². The Balaban J connectivity index is 1.84. The van der Waals surface area contributed by atoms with Gasteiger partial charge in [0.1, 0.15) is 5.51 Å². The molecule has 0 aliphatic rings. The molecule has 0 aliphatic heterocycles. The number of pyridine rings is 1. The van der Waals surface area contributed by atoms with Crippen LogP contribution in [0.25, 0.3) is 21.5 Å². The van der Waals surface area contributed by atoms with Crippen molar-refractivity contribution in [2.45, 2.75) is 6.92 Å². The maximum Gasteiger partial charge on any atom is 0.258 e. The first-order valence-corrected chi connectivity index (χ1v) is 8.94. The fourth-order valence-corrected chi connectivity index (χ4v) is 3.72. The Morgan fingerprint density at radius 3 is 2.79 bits per heavy atom. The third-order valence-electron chi connectivity index (χ3n) is 3.53. The van der Waals surface area contributed by atoms with Gasteiger partial charge in [-0.2, -0.15) is 0 Å². The molecule has 0 unspecified atom stereocenters. The van der Waals surface area contributed by atoms with Gasteiger partial charge in [0.05, 0.1) is 21.7 Å². The minimum absolute atomic E-state index is 0.208. The monoisotopic (exact) mass is 352 g/mol. The van der Waals surface area contributed by atoms with Crippen molar-refractivity contribution in [1.82, 2.24) is 15.2 Å². The topological polar surface area (TPSA) is 67.8 Å². The summed E-state index contributed by atoms with van der Waals surface area (Å²) in [6.07, 6.45) is 0. The first-order valence-electron chi connectivity index (χ1n) is 7.25. The molecule has 0 aliphatic carbocycles. The summed E-state index contributed by atoms with van der Waals surface area (Å²) in [5.74, 6) is -0.208. The zero-order valence-corrected chi connectivity index (χ0v) is 14.3. The van der Waals surface area contributed by atoms with E-state index in [4.69, 9.17) is 4.98 Å². The Kier molecular flexibility index (Phi) is 3.79. The lowest BCUT2D eigenvalue weighted by Gasteiger charge is -2.08. The van der Waals surface area contributed by atoms with Crippen molar-refractivity contribution < 1.29 is 4.79 Å². The summed E-state index contributed by atoms with van der Waals surface area (Å²) in [6.45, 7) is 2.05. The van der Waals surface area contributed by atoms with Gasteiger partial charge in [-0.25, -0.2) is 4.98 Å². The maximum absolute atomic E-state index is 12.7. The van der Waals surface area contributed by atoms with E-state index in [1.807, 2.05) is 36.4 Å². The van der Waals surface area contributed by atoms with E-state index in [1.54, 1.807) is 16.8 Å². The molecule has 0 radical (unpaired) electrons. The number of aromatic nitrogens is 3. The van der Waals surface area contributed by atoms with E-state index < -0.39 is 0 Å². The van der Waals surface area contributed by atoms with Crippen molar-refractivity contribution in [1.29, 1.82) is 0 Å². The average molecular weight is 352 g/mol. The fraction of sp³-hybridized carbons (Fsp3) is 0.0588. The van der Waals surface area contributed by atoms with Gasteiger partial charge in [-0.1, -0.05) is 29.5 Å². The van der Waals surface area contributed by atoms with Gasteiger partial charge >= 0.3 is 0 Å². The Morgan fingerprint density at radius 1 is 1.17 bits per heavy atom.